The van der Waals surface area contributed by atoms with Crippen molar-refractivity contribution in [2.45, 2.75) is 19.9 Å². The first-order chi connectivity index (χ1) is 8.19. The van der Waals surface area contributed by atoms with Crippen LogP contribution in [0.25, 0.3) is 0 Å². The summed E-state index contributed by atoms with van der Waals surface area (Å²) in [5.74, 6) is -0.387. The van der Waals surface area contributed by atoms with Crippen molar-refractivity contribution in [2.24, 2.45) is 0 Å². The van der Waals surface area contributed by atoms with E-state index in [1.165, 1.54) is 4.90 Å². The number of nitrogens with zero attached hydrogens (tertiary/aromatic N) is 1. The molecule has 4 nitrogen and oxygen atoms in total. The lowest BCUT2D eigenvalue weighted by Gasteiger charge is -2.24. The van der Waals surface area contributed by atoms with Crippen LogP contribution in [0.3, 0.4) is 0 Å². The number of rotatable bonds is 6. The van der Waals surface area contributed by atoms with Crippen LogP contribution >= 0.6 is 0 Å². The third-order valence-electron chi connectivity index (χ3n) is 2.53. The van der Waals surface area contributed by atoms with Crippen LogP contribution in [0.1, 0.15) is 25.5 Å². The number of carbonyl (C=O) groups excluding carboxylic acids is 2. The highest BCUT2D eigenvalue weighted by Crippen LogP contribution is 2.17. The molecule has 92 valence electrons. The summed E-state index contributed by atoms with van der Waals surface area (Å²) in [6, 6.07) is 9.42. The van der Waals surface area contributed by atoms with E-state index in [0.29, 0.717) is 13.0 Å². The van der Waals surface area contributed by atoms with Gasteiger partial charge in [0.15, 0.2) is 0 Å². The highest BCUT2D eigenvalue weighted by Gasteiger charge is 2.17. The van der Waals surface area contributed by atoms with Crippen LogP contribution < -0.4 is 0 Å². The van der Waals surface area contributed by atoms with Gasteiger partial charge >= 0.3 is 5.97 Å². The van der Waals surface area contributed by atoms with Gasteiger partial charge in [0.25, 0.3) is 0 Å². The van der Waals surface area contributed by atoms with E-state index in [-0.39, 0.29) is 18.6 Å². The molecule has 0 heterocycles. The zero-order valence-corrected chi connectivity index (χ0v) is 10.1. The van der Waals surface area contributed by atoms with Crippen molar-refractivity contribution in [1.29, 1.82) is 0 Å². The normalized spacial score (nSPS) is 11.6. The average Bonchev–Trinajstić information content (AvgIpc) is 2.36. The molecule has 4 heteroatoms. The van der Waals surface area contributed by atoms with Crippen molar-refractivity contribution in [2.75, 3.05) is 13.2 Å². The highest BCUT2D eigenvalue weighted by atomic mass is 16.5. The van der Waals surface area contributed by atoms with Crippen LogP contribution in [-0.2, 0) is 14.3 Å². The summed E-state index contributed by atoms with van der Waals surface area (Å²) in [4.78, 5) is 23.7. The van der Waals surface area contributed by atoms with Crippen molar-refractivity contribution >= 4 is 12.4 Å². The Bertz CT molecular complexity index is 364. The van der Waals surface area contributed by atoms with E-state index in [9.17, 15) is 9.59 Å². The molecular formula is C13H17NO3. The highest BCUT2D eigenvalue weighted by molar-refractivity contribution is 5.74. The summed E-state index contributed by atoms with van der Waals surface area (Å²) in [7, 11) is 0. The summed E-state index contributed by atoms with van der Waals surface area (Å²) >= 11 is 0. The van der Waals surface area contributed by atoms with E-state index in [2.05, 4.69) is 0 Å². The standard InChI is InChI=1S/C13H17NO3/c1-3-17-13(16)9-14(10-15)11(2)12-7-5-4-6-8-12/h4-8,10-11H,3,9H2,1-2H3. The van der Waals surface area contributed by atoms with Gasteiger partial charge in [-0.2, -0.15) is 0 Å². The van der Waals surface area contributed by atoms with Gasteiger partial charge in [0.05, 0.1) is 12.6 Å². The molecule has 0 bridgehead atoms. The van der Waals surface area contributed by atoms with Crippen molar-refractivity contribution in [3.8, 4) is 0 Å². The zero-order valence-electron chi connectivity index (χ0n) is 10.1. The second-order valence-electron chi connectivity index (χ2n) is 3.67. The molecule has 1 aromatic rings. The Morgan fingerprint density at radius 1 is 1.41 bits per heavy atom. The molecule has 0 aliphatic rings. The minimum absolute atomic E-state index is 0.0204. The molecule has 0 radical (unpaired) electrons. The Balaban J connectivity index is 2.67. The van der Waals surface area contributed by atoms with E-state index >= 15 is 0 Å². The fraction of sp³-hybridized carbons (Fsp3) is 0.385. The Hall–Kier alpha value is -1.84. The predicted octanol–water partition coefficient (Wildman–Crippen LogP) is 1.77. The Morgan fingerprint density at radius 3 is 2.59 bits per heavy atom. The second kappa shape index (κ2) is 6.68. The van der Waals surface area contributed by atoms with E-state index in [1.54, 1.807) is 6.92 Å². The molecule has 1 rings (SSSR count). The molecule has 0 aromatic heterocycles. The van der Waals surface area contributed by atoms with Crippen molar-refractivity contribution in [3.05, 3.63) is 35.9 Å². The quantitative estimate of drug-likeness (QED) is 0.557. The number of hydrogen-bond donors (Lipinski definition) is 0. The van der Waals surface area contributed by atoms with Gasteiger partial charge in [0, 0.05) is 0 Å². The van der Waals surface area contributed by atoms with Crippen LogP contribution in [0.5, 0.6) is 0 Å². The van der Waals surface area contributed by atoms with E-state index in [4.69, 9.17) is 4.74 Å². The summed E-state index contributed by atoms with van der Waals surface area (Å²) in [5.41, 5.74) is 0.990. The van der Waals surface area contributed by atoms with Gasteiger partial charge in [-0.25, -0.2) is 0 Å². The molecule has 0 aliphatic carbocycles. The molecular weight excluding hydrogens is 218 g/mol. The Labute approximate surface area is 101 Å². The number of ether oxygens (including phenoxy) is 1. The van der Waals surface area contributed by atoms with Crippen molar-refractivity contribution in [3.63, 3.8) is 0 Å². The average molecular weight is 235 g/mol. The molecule has 1 unspecified atom stereocenters. The summed E-state index contributed by atoms with van der Waals surface area (Å²) in [6.07, 6.45) is 0.675. The topological polar surface area (TPSA) is 46.6 Å². The largest absolute Gasteiger partial charge is 0.465 e. The Kier molecular flexibility index (Phi) is 5.20. The number of esters is 1. The Morgan fingerprint density at radius 2 is 2.06 bits per heavy atom. The molecule has 0 aliphatic heterocycles. The summed E-state index contributed by atoms with van der Waals surface area (Å²) in [5, 5.41) is 0. The fourth-order valence-electron chi connectivity index (χ4n) is 1.54. The maximum absolute atomic E-state index is 11.3. The third kappa shape index (κ3) is 3.90. The first-order valence-electron chi connectivity index (χ1n) is 5.60. The number of carbonyl (C=O) groups is 2. The van der Waals surface area contributed by atoms with Gasteiger partial charge in [-0.1, -0.05) is 30.3 Å². The minimum atomic E-state index is -0.387. The van der Waals surface area contributed by atoms with Crippen molar-refractivity contribution < 1.29 is 14.3 Å². The monoisotopic (exact) mass is 235 g/mol. The smallest absolute Gasteiger partial charge is 0.325 e. The molecule has 0 saturated carbocycles. The van der Waals surface area contributed by atoms with Gasteiger partial charge in [-0.05, 0) is 19.4 Å². The minimum Gasteiger partial charge on any atom is -0.465 e. The molecule has 0 N–H and O–H groups in total. The molecule has 0 spiro atoms. The first kappa shape index (κ1) is 13.2. The van der Waals surface area contributed by atoms with Gasteiger partial charge in [0.2, 0.25) is 6.41 Å². The van der Waals surface area contributed by atoms with Gasteiger partial charge < -0.3 is 9.64 Å². The lowest BCUT2D eigenvalue weighted by atomic mass is 10.1. The number of hydrogen-bond acceptors (Lipinski definition) is 3. The molecule has 1 aromatic carbocycles. The van der Waals surface area contributed by atoms with Gasteiger partial charge in [-0.3, -0.25) is 9.59 Å². The first-order valence-corrected chi connectivity index (χ1v) is 5.60. The summed E-state index contributed by atoms with van der Waals surface area (Å²) < 4.78 is 4.82. The molecule has 17 heavy (non-hydrogen) atoms. The van der Waals surface area contributed by atoms with Gasteiger partial charge in [-0.15, -0.1) is 0 Å². The van der Waals surface area contributed by atoms with E-state index in [0.717, 1.165) is 5.56 Å². The molecule has 1 atom stereocenters. The lowest BCUT2D eigenvalue weighted by molar-refractivity contribution is -0.147. The van der Waals surface area contributed by atoms with Crippen LogP contribution in [0, 0.1) is 0 Å². The molecule has 0 saturated heterocycles. The zero-order chi connectivity index (χ0) is 12.7. The van der Waals surface area contributed by atoms with E-state index in [1.807, 2.05) is 37.3 Å². The van der Waals surface area contributed by atoms with Crippen LogP contribution in [0.15, 0.2) is 30.3 Å². The SMILES string of the molecule is CCOC(=O)CN(C=O)C(C)c1ccccc1. The maximum Gasteiger partial charge on any atom is 0.325 e. The maximum atomic E-state index is 11.3. The van der Waals surface area contributed by atoms with Gasteiger partial charge in [0.1, 0.15) is 6.54 Å². The predicted molar refractivity (Wildman–Crippen MR) is 64.3 cm³/mol. The van der Waals surface area contributed by atoms with Crippen LogP contribution in [0.2, 0.25) is 0 Å². The number of benzene rings is 1. The van der Waals surface area contributed by atoms with Crippen LogP contribution in [-0.4, -0.2) is 30.4 Å². The van der Waals surface area contributed by atoms with Crippen molar-refractivity contribution in [1.82, 2.24) is 4.90 Å². The number of amides is 1. The molecule has 1 amide bonds. The summed E-state index contributed by atoms with van der Waals surface area (Å²) in [6.45, 7) is 3.92. The van der Waals surface area contributed by atoms with E-state index < -0.39 is 0 Å². The van der Waals surface area contributed by atoms with Crippen LogP contribution in [0.4, 0.5) is 0 Å². The second-order valence-corrected chi connectivity index (χ2v) is 3.67. The fourth-order valence-corrected chi connectivity index (χ4v) is 1.54. The third-order valence-corrected chi connectivity index (χ3v) is 2.53. The lowest BCUT2D eigenvalue weighted by Crippen LogP contribution is -2.32. The molecule has 0 fully saturated rings.